The Kier molecular flexibility index (Phi) is 5.74. The zero-order chi connectivity index (χ0) is 19.5. The number of hydrogen-bond donors (Lipinski definition) is 1. The van der Waals surface area contributed by atoms with Crippen molar-refractivity contribution in [2.24, 2.45) is 11.8 Å². The van der Waals surface area contributed by atoms with Crippen LogP contribution in [0.5, 0.6) is 11.5 Å². The van der Waals surface area contributed by atoms with Crippen LogP contribution in [0.15, 0.2) is 18.2 Å². The van der Waals surface area contributed by atoms with Crippen molar-refractivity contribution in [2.45, 2.75) is 70.4 Å². The smallest absolute Gasteiger partial charge is 0.306 e. The van der Waals surface area contributed by atoms with Crippen LogP contribution < -0.4 is 9.47 Å². The molecule has 1 amide bonds. The first-order valence-corrected chi connectivity index (χ1v) is 10.5. The third-order valence-corrected chi connectivity index (χ3v) is 6.51. The number of carbonyl (C=O) groups excluding carboxylic acids is 1. The second-order valence-electron chi connectivity index (χ2n) is 8.33. The van der Waals surface area contributed by atoms with Crippen LogP contribution in [0.3, 0.4) is 0 Å². The Balaban J connectivity index is 1.48. The van der Waals surface area contributed by atoms with E-state index in [4.69, 9.17) is 9.47 Å². The van der Waals surface area contributed by atoms with Gasteiger partial charge in [0, 0.05) is 18.5 Å². The summed E-state index contributed by atoms with van der Waals surface area (Å²) in [6, 6.07) is 6.19. The summed E-state index contributed by atoms with van der Waals surface area (Å²) in [7, 11) is 0. The monoisotopic (exact) mass is 387 g/mol. The zero-order valence-electron chi connectivity index (χ0n) is 16.3. The number of benzene rings is 1. The van der Waals surface area contributed by atoms with Crippen LogP contribution in [-0.4, -0.2) is 34.7 Å². The van der Waals surface area contributed by atoms with Crippen molar-refractivity contribution < 1.29 is 24.2 Å². The molecule has 3 aliphatic rings. The molecule has 6 heteroatoms. The molecule has 1 aliphatic heterocycles. The lowest BCUT2D eigenvalue weighted by atomic mass is 9.80. The van der Waals surface area contributed by atoms with E-state index in [0.29, 0.717) is 32.2 Å². The predicted molar refractivity (Wildman–Crippen MR) is 103 cm³/mol. The van der Waals surface area contributed by atoms with E-state index in [-0.39, 0.29) is 30.6 Å². The molecule has 0 atom stereocenters. The largest absolute Gasteiger partial charge is 0.481 e. The molecule has 1 heterocycles. The summed E-state index contributed by atoms with van der Waals surface area (Å²) in [6.45, 7) is 0.829. The first-order valence-electron chi connectivity index (χ1n) is 10.5. The fourth-order valence-corrected chi connectivity index (χ4v) is 4.84. The van der Waals surface area contributed by atoms with E-state index in [1.54, 1.807) is 0 Å². The van der Waals surface area contributed by atoms with Crippen molar-refractivity contribution in [3.8, 4) is 11.5 Å². The number of rotatable bonds is 5. The summed E-state index contributed by atoms with van der Waals surface area (Å²) in [5.41, 5.74) is 1.06. The molecule has 6 nitrogen and oxygen atoms in total. The summed E-state index contributed by atoms with van der Waals surface area (Å²) < 4.78 is 10.9. The Bertz CT molecular complexity index is 720. The molecular weight excluding hydrogens is 358 g/mol. The van der Waals surface area contributed by atoms with Gasteiger partial charge in [-0.2, -0.15) is 0 Å². The molecule has 4 rings (SSSR count). The minimum atomic E-state index is -0.726. The molecule has 0 radical (unpaired) electrons. The number of carbonyl (C=O) groups is 2. The predicted octanol–water partition coefficient (Wildman–Crippen LogP) is 3.97. The van der Waals surface area contributed by atoms with Crippen LogP contribution in [0.1, 0.15) is 63.4 Å². The first kappa shape index (κ1) is 19.1. The van der Waals surface area contributed by atoms with Gasteiger partial charge in [-0.25, -0.2) is 0 Å². The molecule has 2 fully saturated rings. The van der Waals surface area contributed by atoms with Gasteiger partial charge in [-0.1, -0.05) is 25.3 Å². The number of ether oxygens (including phenoxy) is 2. The highest BCUT2D eigenvalue weighted by atomic mass is 16.7. The van der Waals surface area contributed by atoms with Gasteiger partial charge in [0.25, 0.3) is 0 Å². The molecule has 0 spiro atoms. The van der Waals surface area contributed by atoms with Crippen LogP contribution in [0.4, 0.5) is 0 Å². The van der Waals surface area contributed by atoms with E-state index in [0.717, 1.165) is 29.9 Å². The molecule has 2 aliphatic carbocycles. The summed E-state index contributed by atoms with van der Waals surface area (Å²) in [4.78, 5) is 26.7. The van der Waals surface area contributed by atoms with E-state index in [1.807, 2.05) is 18.2 Å². The first-order chi connectivity index (χ1) is 13.6. The molecule has 1 aromatic rings. The lowest BCUT2D eigenvalue weighted by molar-refractivity contribution is -0.147. The van der Waals surface area contributed by atoms with Crippen LogP contribution in [0, 0.1) is 11.8 Å². The maximum absolute atomic E-state index is 13.4. The summed E-state index contributed by atoms with van der Waals surface area (Å²) in [5, 5.41) is 9.23. The third-order valence-electron chi connectivity index (χ3n) is 6.51. The SMILES string of the molecule is O=C(O)C1CCC(C(=O)N(Cc2ccc3c(c2)OCO3)C2CCCCC2)CC1. The number of carboxylic acid groups (broad SMARTS) is 1. The molecule has 28 heavy (non-hydrogen) atoms. The Morgan fingerprint density at radius 2 is 1.61 bits per heavy atom. The highest BCUT2D eigenvalue weighted by molar-refractivity contribution is 5.80. The number of carboxylic acids is 1. The molecule has 0 saturated heterocycles. The quantitative estimate of drug-likeness (QED) is 0.827. The lowest BCUT2D eigenvalue weighted by Crippen LogP contribution is -2.45. The summed E-state index contributed by atoms with van der Waals surface area (Å²) in [5.74, 6) is 0.637. The normalized spacial score (nSPS) is 24.7. The number of hydrogen-bond acceptors (Lipinski definition) is 4. The minimum absolute atomic E-state index is 0.0495. The van der Waals surface area contributed by atoms with E-state index < -0.39 is 5.97 Å². The topological polar surface area (TPSA) is 76.1 Å². The molecule has 2 saturated carbocycles. The molecule has 0 aromatic heterocycles. The molecule has 0 unspecified atom stereocenters. The van der Waals surface area contributed by atoms with E-state index in [9.17, 15) is 14.7 Å². The van der Waals surface area contributed by atoms with E-state index in [1.165, 1.54) is 19.3 Å². The maximum atomic E-state index is 13.4. The van der Waals surface area contributed by atoms with Gasteiger partial charge in [-0.3, -0.25) is 9.59 Å². The van der Waals surface area contributed by atoms with Crippen molar-refractivity contribution in [3.63, 3.8) is 0 Å². The van der Waals surface area contributed by atoms with Crippen LogP contribution in [0.25, 0.3) is 0 Å². The van der Waals surface area contributed by atoms with Crippen molar-refractivity contribution in [3.05, 3.63) is 23.8 Å². The number of aliphatic carboxylic acids is 1. The van der Waals surface area contributed by atoms with E-state index in [2.05, 4.69) is 4.90 Å². The summed E-state index contributed by atoms with van der Waals surface area (Å²) in [6.07, 6.45) is 8.26. The average Bonchev–Trinajstić information content (AvgIpc) is 3.20. The standard InChI is InChI=1S/C22H29NO5/c24-21(16-7-9-17(10-8-16)22(25)26)23(18-4-2-1-3-5-18)13-15-6-11-19-20(12-15)28-14-27-19/h6,11-12,16-18H,1-5,7-10,13-14H2,(H,25,26). The second kappa shape index (κ2) is 8.41. The molecule has 0 bridgehead atoms. The van der Waals surface area contributed by atoms with Gasteiger partial charge in [0.2, 0.25) is 12.7 Å². The van der Waals surface area contributed by atoms with Gasteiger partial charge in [-0.15, -0.1) is 0 Å². The number of amides is 1. The van der Waals surface area contributed by atoms with Crippen molar-refractivity contribution >= 4 is 11.9 Å². The van der Waals surface area contributed by atoms with Crippen molar-refractivity contribution in [1.82, 2.24) is 4.90 Å². The van der Waals surface area contributed by atoms with Gasteiger partial charge in [0.05, 0.1) is 5.92 Å². The Labute approximate surface area is 165 Å². The van der Waals surface area contributed by atoms with Gasteiger partial charge < -0.3 is 19.5 Å². The number of fused-ring (bicyclic) bond motifs is 1. The molecule has 1 N–H and O–H groups in total. The Morgan fingerprint density at radius 3 is 2.32 bits per heavy atom. The van der Waals surface area contributed by atoms with Gasteiger partial charge >= 0.3 is 5.97 Å². The molecule has 1 aromatic carbocycles. The van der Waals surface area contributed by atoms with Crippen LogP contribution >= 0.6 is 0 Å². The minimum Gasteiger partial charge on any atom is -0.481 e. The maximum Gasteiger partial charge on any atom is 0.306 e. The van der Waals surface area contributed by atoms with Crippen LogP contribution in [0.2, 0.25) is 0 Å². The van der Waals surface area contributed by atoms with E-state index >= 15 is 0 Å². The Hall–Kier alpha value is -2.24. The van der Waals surface area contributed by atoms with Crippen molar-refractivity contribution in [1.29, 1.82) is 0 Å². The zero-order valence-corrected chi connectivity index (χ0v) is 16.3. The fourth-order valence-electron chi connectivity index (χ4n) is 4.84. The number of nitrogens with zero attached hydrogens (tertiary/aromatic N) is 1. The summed E-state index contributed by atoms with van der Waals surface area (Å²) >= 11 is 0. The van der Waals surface area contributed by atoms with Crippen LogP contribution in [-0.2, 0) is 16.1 Å². The highest BCUT2D eigenvalue weighted by Crippen LogP contribution is 2.35. The molecular formula is C22H29NO5. The van der Waals surface area contributed by atoms with Gasteiger partial charge in [0.1, 0.15) is 0 Å². The fraction of sp³-hybridized carbons (Fsp3) is 0.636. The van der Waals surface area contributed by atoms with Gasteiger partial charge in [-0.05, 0) is 56.2 Å². The van der Waals surface area contributed by atoms with Crippen molar-refractivity contribution in [2.75, 3.05) is 6.79 Å². The third kappa shape index (κ3) is 4.10. The highest BCUT2D eigenvalue weighted by Gasteiger charge is 2.35. The van der Waals surface area contributed by atoms with Gasteiger partial charge in [0.15, 0.2) is 11.5 Å². The average molecular weight is 387 g/mol. The Morgan fingerprint density at radius 1 is 0.929 bits per heavy atom. The second-order valence-corrected chi connectivity index (χ2v) is 8.33. The lowest BCUT2D eigenvalue weighted by Gasteiger charge is -2.38. The molecule has 152 valence electrons.